The van der Waals surface area contributed by atoms with Crippen molar-refractivity contribution in [3.63, 3.8) is 0 Å². The Morgan fingerprint density at radius 2 is 1.71 bits per heavy atom. The molecule has 0 aliphatic heterocycles. The number of carbonyl (C=O) groups excluding carboxylic acids is 1. The zero-order chi connectivity index (χ0) is 15.4. The van der Waals surface area contributed by atoms with E-state index in [0.717, 1.165) is 25.7 Å². The summed E-state index contributed by atoms with van der Waals surface area (Å²) in [5, 5.41) is 31.1. The van der Waals surface area contributed by atoms with Crippen molar-refractivity contribution in [1.82, 2.24) is 0 Å². The molecule has 4 nitrogen and oxygen atoms in total. The molecule has 4 heteroatoms. The fraction of sp³-hybridized carbons (Fsp3) is 0.941. The van der Waals surface area contributed by atoms with Gasteiger partial charge in [0.2, 0.25) is 0 Å². The van der Waals surface area contributed by atoms with Gasteiger partial charge >= 0.3 is 0 Å². The molecule has 3 aliphatic rings. The van der Waals surface area contributed by atoms with Crippen molar-refractivity contribution < 1.29 is 20.1 Å². The van der Waals surface area contributed by atoms with Crippen molar-refractivity contribution in [2.75, 3.05) is 0 Å². The summed E-state index contributed by atoms with van der Waals surface area (Å²) in [6, 6.07) is 0. The fourth-order valence-corrected chi connectivity index (χ4v) is 5.32. The number of carbonyl (C=O) groups is 1. The molecule has 0 aromatic rings. The second kappa shape index (κ2) is 5.04. The predicted octanol–water partition coefficient (Wildman–Crippen LogP) is 1.65. The van der Waals surface area contributed by atoms with E-state index in [9.17, 15) is 20.1 Å². The zero-order valence-corrected chi connectivity index (χ0v) is 13.1. The van der Waals surface area contributed by atoms with Gasteiger partial charge in [-0.15, -0.1) is 0 Å². The highest BCUT2D eigenvalue weighted by Gasteiger charge is 2.58. The van der Waals surface area contributed by atoms with Crippen LogP contribution in [-0.2, 0) is 4.79 Å². The Morgan fingerprint density at radius 1 is 1.00 bits per heavy atom. The molecular formula is C17H28O4. The van der Waals surface area contributed by atoms with E-state index in [2.05, 4.69) is 6.92 Å². The first-order valence-electron chi connectivity index (χ1n) is 8.36. The first-order valence-corrected chi connectivity index (χ1v) is 8.36. The van der Waals surface area contributed by atoms with Crippen LogP contribution in [0.15, 0.2) is 0 Å². The summed E-state index contributed by atoms with van der Waals surface area (Å²) in [5.74, 6) is 0.373. The van der Waals surface area contributed by atoms with Crippen LogP contribution in [0.4, 0.5) is 0 Å². The average Bonchev–Trinajstić information content (AvgIpc) is 2.72. The van der Waals surface area contributed by atoms with Gasteiger partial charge in [0.05, 0.1) is 18.3 Å². The highest BCUT2D eigenvalue weighted by molar-refractivity contribution is 5.87. The minimum absolute atomic E-state index is 0.0315. The van der Waals surface area contributed by atoms with Gasteiger partial charge in [0.1, 0.15) is 5.78 Å². The number of rotatable bonds is 1. The van der Waals surface area contributed by atoms with Crippen LogP contribution < -0.4 is 0 Å². The molecule has 3 saturated carbocycles. The smallest absolute Gasteiger partial charge is 0.139 e. The molecule has 0 spiro atoms. The van der Waals surface area contributed by atoms with Gasteiger partial charge in [-0.1, -0.05) is 13.8 Å². The number of ketones is 1. The van der Waals surface area contributed by atoms with Gasteiger partial charge in [-0.05, 0) is 55.8 Å². The Bertz CT molecular complexity index is 437. The molecular weight excluding hydrogens is 268 g/mol. The van der Waals surface area contributed by atoms with E-state index in [-0.39, 0.29) is 22.7 Å². The van der Waals surface area contributed by atoms with Crippen molar-refractivity contribution in [1.29, 1.82) is 0 Å². The van der Waals surface area contributed by atoms with Gasteiger partial charge < -0.3 is 15.3 Å². The molecule has 3 aliphatic carbocycles. The Morgan fingerprint density at radius 3 is 2.38 bits per heavy atom. The Kier molecular flexibility index (Phi) is 3.70. The van der Waals surface area contributed by atoms with Crippen LogP contribution in [0.1, 0.15) is 58.8 Å². The first-order chi connectivity index (χ1) is 9.79. The van der Waals surface area contributed by atoms with Crippen LogP contribution in [0, 0.1) is 22.7 Å². The van der Waals surface area contributed by atoms with Crippen LogP contribution >= 0.6 is 0 Å². The summed E-state index contributed by atoms with van der Waals surface area (Å²) in [6.45, 7) is 4.06. The summed E-state index contributed by atoms with van der Waals surface area (Å²) in [5.41, 5.74) is -0.697. The topological polar surface area (TPSA) is 77.8 Å². The first kappa shape index (κ1) is 15.4. The van der Waals surface area contributed by atoms with Gasteiger partial charge in [-0.2, -0.15) is 0 Å². The van der Waals surface area contributed by atoms with Crippen LogP contribution in [0.25, 0.3) is 0 Å². The lowest BCUT2D eigenvalue weighted by Crippen LogP contribution is -2.55. The quantitative estimate of drug-likeness (QED) is 0.687. The van der Waals surface area contributed by atoms with Crippen LogP contribution in [0.3, 0.4) is 0 Å². The molecule has 0 aromatic heterocycles. The van der Waals surface area contributed by atoms with Gasteiger partial charge in [0.15, 0.2) is 0 Å². The molecule has 3 fully saturated rings. The molecule has 0 radical (unpaired) electrons. The third-order valence-corrected chi connectivity index (χ3v) is 7.06. The third kappa shape index (κ3) is 2.18. The monoisotopic (exact) mass is 296 g/mol. The second-order valence-electron chi connectivity index (χ2n) is 8.07. The van der Waals surface area contributed by atoms with Crippen LogP contribution in [0.2, 0.25) is 0 Å². The molecule has 3 N–H and O–H groups in total. The minimum Gasteiger partial charge on any atom is -0.393 e. The number of hydrogen-bond acceptors (Lipinski definition) is 4. The van der Waals surface area contributed by atoms with E-state index in [1.54, 1.807) is 0 Å². The summed E-state index contributed by atoms with van der Waals surface area (Å²) in [4.78, 5) is 12.2. The number of aliphatic hydroxyl groups is 3. The average molecular weight is 296 g/mol. The van der Waals surface area contributed by atoms with Crippen molar-refractivity contribution in [2.45, 2.75) is 77.1 Å². The summed E-state index contributed by atoms with van der Waals surface area (Å²) >= 11 is 0. The molecule has 7 atom stereocenters. The molecule has 0 bridgehead atoms. The van der Waals surface area contributed by atoms with Crippen LogP contribution in [0.5, 0.6) is 0 Å². The largest absolute Gasteiger partial charge is 0.393 e. The van der Waals surface area contributed by atoms with Gasteiger partial charge in [-0.3, -0.25) is 4.79 Å². The minimum atomic E-state index is -0.567. The van der Waals surface area contributed by atoms with E-state index < -0.39 is 18.3 Å². The molecule has 0 amide bonds. The van der Waals surface area contributed by atoms with Crippen molar-refractivity contribution >= 4 is 5.78 Å². The van der Waals surface area contributed by atoms with Gasteiger partial charge in [0, 0.05) is 11.8 Å². The van der Waals surface area contributed by atoms with Crippen molar-refractivity contribution in [3.8, 4) is 0 Å². The van der Waals surface area contributed by atoms with E-state index in [0.29, 0.717) is 25.0 Å². The Labute approximate surface area is 126 Å². The normalized spacial score (nSPS) is 54.5. The van der Waals surface area contributed by atoms with E-state index in [1.807, 2.05) is 6.92 Å². The van der Waals surface area contributed by atoms with Crippen molar-refractivity contribution in [3.05, 3.63) is 0 Å². The molecule has 2 unspecified atom stereocenters. The van der Waals surface area contributed by atoms with Gasteiger partial charge in [0.25, 0.3) is 0 Å². The van der Waals surface area contributed by atoms with E-state index in [4.69, 9.17) is 0 Å². The maximum atomic E-state index is 12.2. The maximum absolute atomic E-state index is 12.2. The van der Waals surface area contributed by atoms with Crippen LogP contribution in [-0.4, -0.2) is 39.4 Å². The number of fused-ring (bicyclic) bond motifs is 1. The zero-order valence-electron chi connectivity index (χ0n) is 13.1. The summed E-state index contributed by atoms with van der Waals surface area (Å²) in [7, 11) is 0. The molecule has 3 rings (SSSR count). The standard InChI is InChI=1S/C17H28O4/c1-16-8-6-12(15(21)11(16)3-4-13(16)19)17(2)7-5-10(18)9-14(17)20/h10-12,14-15,18,20-21H,3-9H2,1-2H3/t10-,11?,12?,14-,15-,16-,17+/m0/s1. The Balaban J connectivity index is 1.83. The summed E-state index contributed by atoms with van der Waals surface area (Å²) in [6.07, 6.45) is 3.32. The van der Waals surface area contributed by atoms with Crippen molar-refractivity contribution in [2.24, 2.45) is 22.7 Å². The van der Waals surface area contributed by atoms with E-state index >= 15 is 0 Å². The molecule has 21 heavy (non-hydrogen) atoms. The predicted molar refractivity (Wildman–Crippen MR) is 78.5 cm³/mol. The molecule has 120 valence electrons. The maximum Gasteiger partial charge on any atom is 0.139 e. The highest BCUT2D eigenvalue weighted by Crippen LogP contribution is 2.57. The Hall–Kier alpha value is -0.450. The lowest BCUT2D eigenvalue weighted by atomic mass is 9.54. The number of aliphatic hydroxyl groups excluding tert-OH is 3. The lowest BCUT2D eigenvalue weighted by Gasteiger charge is -2.53. The highest BCUT2D eigenvalue weighted by atomic mass is 16.3. The SMILES string of the molecule is C[C@]12CCC([C@@]3(C)CC[C@H](O)C[C@@H]3O)[C@@H](O)C1CCC2=O. The van der Waals surface area contributed by atoms with E-state index in [1.165, 1.54) is 0 Å². The second-order valence-corrected chi connectivity index (χ2v) is 8.07. The lowest BCUT2D eigenvalue weighted by molar-refractivity contribution is -0.155. The molecule has 0 heterocycles. The third-order valence-electron chi connectivity index (χ3n) is 7.06. The molecule has 0 aromatic carbocycles. The van der Waals surface area contributed by atoms with Gasteiger partial charge in [-0.25, -0.2) is 0 Å². The molecule has 0 saturated heterocycles. The number of hydrogen-bond donors (Lipinski definition) is 3. The number of Topliss-reactive ketones (excluding diaryl/α,β-unsaturated/α-hetero) is 1. The fourth-order valence-electron chi connectivity index (χ4n) is 5.32. The summed E-state index contributed by atoms with van der Waals surface area (Å²) < 4.78 is 0.